The van der Waals surface area contributed by atoms with Crippen LogP contribution in [0.5, 0.6) is 0 Å². The molecule has 25 heavy (non-hydrogen) atoms. The van der Waals surface area contributed by atoms with Crippen LogP contribution in [0.4, 0.5) is 10.6 Å². The number of pyridine rings is 1. The van der Waals surface area contributed by atoms with Gasteiger partial charge in [-0.25, -0.2) is 9.78 Å². The highest BCUT2D eigenvalue weighted by Crippen LogP contribution is 2.16. The molecule has 1 aliphatic rings. The van der Waals surface area contributed by atoms with Crippen LogP contribution >= 0.6 is 0 Å². The maximum Gasteiger partial charge on any atom is 0.320 e. The molecule has 1 atom stereocenters. The fraction of sp³-hybridized carbons (Fsp3) is 0.389. The van der Waals surface area contributed by atoms with Crippen molar-refractivity contribution in [2.75, 3.05) is 25.5 Å². The van der Waals surface area contributed by atoms with E-state index >= 15 is 0 Å². The van der Waals surface area contributed by atoms with Gasteiger partial charge in [0, 0.05) is 31.4 Å². The summed E-state index contributed by atoms with van der Waals surface area (Å²) in [5, 5.41) is 10.3. The molecule has 0 aliphatic carbocycles. The zero-order valence-corrected chi connectivity index (χ0v) is 14.9. The number of carbonyl (C=O) groups is 1. The molecule has 0 saturated carbocycles. The number of anilines is 1. The summed E-state index contributed by atoms with van der Waals surface area (Å²) in [4.78, 5) is 18.9. The van der Waals surface area contributed by atoms with E-state index in [1.54, 1.807) is 10.9 Å². The van der Waals surface area contributed by atoms with Crippen LogP contribution in [0, 0.1) is 6.92 Å². The number of amides is 2. The third-order valence-electron chi connectivity index (χ3n) is 4.29. The first-order chi connectivity index (χ1) is 12.0. The van der Waals surface area contributed by atoms with Gasteiger partial charge < -0.3 is 10.2 Å². The van der Waals surface area contributed by atoms with Crippen LogP contribution < -0.4 is 10.6 Å². The predicted molar refractivity (Wildman–Crippen MR) is 97.9 cm³/mol. The van der Waals surface area contributed by atoms with Crippen molar-refractivity contribution < 1.29 is 4.79 Å². The van der Waals surface area contributed by atoms with Crippen LogP contribution in [0.25, 0.3) is 5.82 Å². The molecule has 7 heteroatoms. The lowest BCUT2D eigenvalue weighted by molar-refractivity contribution is 0.249. The molecule has 0 radical (unpaired) electrons. The Morgan fingerprint density at radius 2 is 2.20 bits per heavy atom. The molecule has 2 N–H and O–H groups in total. The van der Waals surface area contributed by atoms with Gasteiger partial charge in [-0.05, 0) is 45.0 Å². The lowest BCUT2D eigenvalue weighted by atomic mass is 10.0. The van der Waals surface area contributed by atoms with Crippen molar-refractivity contribution in [3.05, 3.63) is 47.8 Å². The average Bonchev–Trinajstić information content (AvgIpc) is 2.96. The van der Waals surface area contributed by atoms with Crippen molar-refractivity contribution in [1.29, 1.82) is 0 Å². The van der Waals surface area contributed by atoms with E-state index in [9.17, 15) is 4.79 Å². The zero-order valence-electron chi connectivity index (χ0n) is 14.9. The van der Waals surface area contributed by atoms with E-state index in [0.29, 0.717) is 11.6 Å². The van der Waals surface area contributed by atoms with Gasteiger partial charge in [-0.15, -0.1) is 0 Å². The molecule has 0 unspecified atom stereocenters. The largest absolute Gasteiger partial charge is 0.332 e. The van der Waals surface area contributed by atoms with E-state index in [1.807, 2.05) is 38.1 Å². The molecule has 3 heterocycles. The Bertz CT molecular complexity index is 767. The summed E-state index contributed by atoms with van der Waals surface area (Å²) in [5.74, 6) is 1.26. The van der Waals surface area contributed by atoms with Crippen LogP contribution in [0.15, 0.2) is 42.1 Å². The van der Waals surface area contributed by atoms with Gasteiger partial charge in [0.2, 0.25) is 0 Å². The van der Waals surface area contributed by atoms with Gasteiger partial charge in [-0.3, -0.25) is 5.32 Å². The molecule has 2 aromatic rings. The first-order valence-corrected chi connectivity index (χ1v) is 8.46. The van der Waals surface area contributed by atoms with Gasteiger partial charge in [0.1, 0.15) is 5.82 Å². The van der Waals surface area contributed by atoms with E-state index in [1.165, 1.54) is 5.57 Å². The topological polar surface area (TPSA) is 75.1 Å². The number of hydrogen-bond acceptors (Lipinski definition) is 4. The third-order valence-corrected chi connectivity index (χ3v) is 4.29. The average molecular weight is 340 g/mol. The Labute approximate surface area is 147 Å². The Morgan fingerprint density at radius 1 is 1.36 bits per heavy atom. The molecular formula is C18H24N6O. The minimum atomic E-state index is -0.246. The second-order valence-corrected chi connectivity index (χ2v) is 6.38. The summed E-state index contributed by atoms with van der Waals surface area (Å²) in [7, 11) is 2.10. The minimum Gasteiger partial charge on any atom is -0.332 e. The normalized spacial score (nSPS) is 16.2. The number of carbonyl (C=O) groups excluding carboxylic acids is 1. The van der Waals surface area contributed by atoms with Crippen molar-refractivity contribution >= 4 is 11.8 Å². The van der Waals surface area contributed by atoms with Crippen LogP contribution in [-0.2, 0) is 0 Å². The van der Waals surface area contributed by atoms with Gasteiger partial charge in [0.25, 0.3) is 0 Å². The van der Waals surface area contributed by atoms with E-state index < -0.39 is 0 Å². The molecular weight excluding hydrogens is 316 g/mol. The molecule has 2 aromatic heterocycles. The molecule has 0 aromatic carbocycles. The number of rotatable bonds is 4. The van der Waals surface area contributed by atoms with Crippen LogP contribution in [-0.4, -0.2) is 51.9 Å². The van der Waals surface area contributed by atoms with Crippen molar-refractivity contribution in [2.24, 2.45) is 0 Å². The van der Waals surface area contributed by atoms with Gasteiger partial charge in [-0.2, -0.15) is 9.78 Å². The number of hydrogen-bond donors (Lipinski definition) is 2. The Morgan fingerprint density at radius 3 is 2.88 bits per heavy atom. The van der Waals surface area contributed by atoms with E-state index in [-0.39, 0.29) is 12.1 Å². The fourth-order valence-corrected chi connectivity index (χ4v) is 2.86. The van der Waals surface area contributed by atoms with E-state index in [4.69, 9.17) is 0 Å². The number of nitrogens with one attached hydrogen (secondary N) is 2. The molecule has 2 amide bonds. The number of aromatic nitrogens is 3. The van der Waals surface area contributed by atoms with Crippen LogP contribution in [0.2, 0.25) is 0 Å². The molecule has 1 aliphatic heterocycles. The number of aryl methyl sites for hydroxylation is 1. The first-order valence-electron chi connectivity index (χ1n) is 8.46. The predicted octanol–water partition coefficient (Wildman–Crippen LogP) is 2.35. The van der Waals surface area contributed by atoms with Crippen molar-refractivity contribution in [3.63, 3.8) is 0 Å². The van der Waals surface area contributed by atoms with Crippen molar-refractivity contribution in [1.82, 2.24) is 25.0 Å². The molecule has 3 rings (SSSR count). The third kappa shape index (κ3) is 4.24. The maximum atomic E-state index is 12.4. The quantitative estimate of drug-likeness (QED) is 0.838. The summed E-state index contributed by atoms with van der Waals surface area (Å²) in [6.07, 6.45) is 4.87. The fourth-order valence-electron chi connectivity index (χ4n) is 2.86. The minimum absolute atomic E-state index is 0.000943. The molecule has 0 spiro atoms. The summed E-state index contributed by atoms with van der Waals surface area (Å²) in [6.45, 7) is 5.84. The van der Waals surface area contributed by atoms with Gasteiger partial charge in [-0.1, -0.05) is 12.1 Å². The number of nitrogens with zero attached hydrogens (tertiary/aromatic N) is 4. The Kier molecular flexibility index (Phi) is 5.14. The number of likely N-dealkylation sites (N-methyl/N-ethyl adjacent to an activating group) is 1. The smallest absolute Gasteiger partial charge is 0.320 e. The second kappa shape index (κ2) is 7.48. The molecule has 7 nitrogen and oxygen atoms in total. The zero-order chi connectivity index (χ0) is 17.8. The maximum absolute atomic E-state index is 12.4. The molecule has 0 fully saturated rings. The highest BCUT2D eigenvalue weighted by Gasteiger charge is 2.17. The first kappa shape index (κ1) is 17.2. The Hall–Kier alpha value is -2.67. The highest BCUT2D eigenvalue weighted by molar-refractivity contribution is 5.89. The molecule has 0 bridgehead atoms. The highest BCUT2D eigenvalue weighted by atomic mass is 16.2. The summed E-state index contributed by atoms with van der Waals surface area (Å²) < 4.78 is 1.63. The number of urea groups is 1. The second-order valence-electron chi connectivity index (χ2n) is 6.38. The van der Waals surface area contributed by atoms with Gasteiger partial charge in [0.15, 0.2) is 5.82 Å². The van der Waals surface area contributed by atoms with Crippen molar-refractivity contribution in [2.45, 2.75) is 26.3 Å². The van der Waals surface area contributed by atoms with Crippen LogP contribution in [0.3, 0.4) is 0 Å². The van der Waals surface area contributed by atoms with E-state index in [0.717, 1.165) is 25.2 Å². The standard InChI is InChI=1S/C18H24N6O/c1-13-12-17(24(22-13)16-6-4-5-9-19-16)21-18(25)20-14(2)15-7-10-23(3)11-8-15/h4-7,9,12,14H,8,10-11H2,1-3H3,(H2,20,21,25)/t14-/m1/s1. The van der Waals surface area contributed by atoms with Gasteiger partial charge >= 0.3 is 6.03 Å². The monoisotopic (exact) mass is 340 g/mol. The summed E-state index contributed by atoms with van der Waals surface area (Å²) >= 11 is 0. The lowest BCUT2D eigenvalue weighted by Crippen LogP contribution is -2.39. The summed E-state index contributed by atoms with van der Waals surface area (Å²) in [6, 6.07) is 7.16. The lowest BCUT2D eigenvalue weighted by Gasteiger charge is -2.26. The van der Waals surface area contributed by atoms with E-state index in [2.05, 4.69) is 38.7 Å². The van der Waals surface area contributed by atoms with Gasteiger partial charge in [0.05, 0.1) is 5.69 Å². The SMILES string of the molecule is Cc1cc(NC(=O)N[C@H](C)C2=CCN(C)CC2)n(-c2ccccn2)n1. The summed E-state index contributed by atoms with van der Waals surface area (Å²) in [5.41, 5.74) is 2.08. The Balaban J connectivity index is 1.67. The molecule has 132 valence electrons. The van der Waals surface area contributed by atoms with Crippen LogP contribution in [0.1, 0.15) is 19.0 Å². The van der Waals surface area contributed by atoms with Crippen molar-refractivity contribution in [3.8, 4) is 5.82 Å². The molecule has 0 saturated heterocycles.